The van der Waals surface area contributed by atoms with E-state index in [1.54, 1.807) is 25.3 Å². The molecule has 2 aliphatic heterocycles. The normalized spacial score (nSPS) is 19.1. The Kier molecular flexibility index (Phi) is 9.86. The van der Waals surface area contributed by atoms with Crippen LogP contribution in [0.25, 0.3) is 11.3 Å². The molecule has 0 aliphatic carbocycles. The highest BCUT2D eigenvalue weighted by Gasteiger charge is 2.33. The van der Waals surface area contributed by atoms with Crippen LogP contribution in [0.15, 0.2) is 66.9 Å². The summed E-state index contributed by atoms with van der Waals surface area (Å²) >= 11 is 0. The van der Waals surface area contributed by atoms with Crippen LogP contribution in [0.2, 0.25) is 0 Å². The number of amides is 2. The van der Waals surface area contributed by atoms with Crippen molar-refractivity contribution in [2.75, 3.05) is 33.9 Å². The summed E-state index contributed by atoms with van der Waals surface area (Å²) in [6.45, 7) is 1.63. The number of halogens is 1. The number of aryl methyl sites for hydroxylation is 1. The van der Waals surface area contributed by atoms with Gasteiger partial charge in [-0.15, -0.1) is 0 Å². The SMILES string of the molecule is COc1ccc(-c2[nH]ncc2CN2CC[C@H]3Oc4cc(F)cc(c4)CNC(=O)CCc4ccc(OC)c(c4)OCC(=O)N[C@@H]3C2)cc1. The van der Waals surface area contributed by atoms with E-state index in [1.165, 1.54) is 19.2 Å². The predicted molar refractivity (Wildman–Crippen MR) is 172 cm³/mol. The molecule has 1 aromatic heterocycles. The van der Waals surface area contributed by atoms with Crippen molar-refractivity contribution in [1.82, 2.24) is 25.7 Å². The second-order valence-electron chi connectivity index (χ2n) is 11.7. The fourth-order valence-electron chi connectivity index (χ4n) is 5.99. The largest absolute Gasteiger partial charge is 0.497 e. The Bertz CT molecular complexity index is 1710. The topological polar surface area (TPSA) is 127 Å². The number of likely N-dealkylation sites (tertiary alicyclic amines) is 1. The van der Waals surface area contributed by atoms with Gasteiger partial charge in [0.15, 0.2) is 18.1 Å². The number of H-pyrrole nitrogens is 1. The van der Waals surface area contributed by atoms with E-state index >= 15 is 0 Å². The number of methoxy groups -OCH3 is 2. The first kappa shape index (κ1) is 31.9. The summed E-state index contributed by atoms with van der Waals surface area (Å²) in [5, 5.41) is 13.4. The van der Waals surface area contributed by atoms with E-state index in [4.69, 9.17) is 18.9 Å². The van der Waals surface area contributed by atoms with Gasteiger partial charge in [0.25, 0.3) is 5.91 Å². The number of benzene rings is 3. The molecule has 1 fully saturated rings. The molecule has 3 aromatic carbocycles. The van der Waals surface area contributed by atoms with Gasteiger partial charge in [-0.05, 0) is 72.5 Å². The maximum absolute atomic E-state index is 14.7. The summed E-state index contributed by atoms with van der Waals surface area (Å²) in [7, 11) is 3.16. The summed E-state index contributed by atoms with van der Waals surface area (Å²) < 4.78 is 37.7. The van der Waals surface area contributed by atoms with Gasteiger partial charge in [-0.3, -0.25) is 19.6 Å². The van der Waals surface area contributed by atoms with Crippen LogP contribution in [0.1, 0.15) is 29.5 Å². The van der Waals surface area contributed by atoms with Crippen molar-refractivity contribution in [3.8, 4) is 34.3 Å². The van der Waals surface area contributed by atoms with Crippen molar-refractivity contribution in [2.45, 2.75) is 44.5 Å². The van der Waals surface area contributed by atoms with E-state index < -0.39 is 18.0 Å². The summed E-state index contributed by atoms with van der Waals surface area (Å²) in [4.78, 5) is 28.2. The number of carbonyl (C=O) groups excluding carboxylic acids is 2. The van der Waals surface area contributed by atoms with Crippen molar-refractivity contribution in [3.63, 3.8) is 0 Å². The smallest absolute Gasteiger partial charge is 0.258 e. The molecule has 1 saturated heterocycles. The molecule has 0 unspecified atom stereocenters. The number of carbonyl (C=O) groups is 2. The minimum atomic E-state index is -0.468. The Hall–Kier alpha value is -5.10. The number of fused-ring (bicyclic) bond motifs is 5. The molecule has 4 bridgehead atoms. The van der Waals surface area contributed by atoms with Crippen LogP contribution < -0.4 is 29.6 Å². The molecule has 3 N–H and O–H groups in total. The number of piperidine rings is 1. The molecule has 11 nitrogen and oxygen atoms in total. The summed E-state index contributed by atoms with van der Waals surface area (Å²) in [5.74, 6) is 1.03. The standard InChI is InChI=1S/C35H38FN5O6/c1-44-27-7-5-24(6-8-27)35-25(18-38-40-35)19-41-12-11-30-29(20-41)39-34(43)21-46-32-15-22(3-9-31(32)45-2)4-10-33(42)37-17-23-13-26(36)16-28(14-23)47-30/h3,5-9,13-16,18,29-30H,4,10-12,17,19-21H2,1-2H3,(H,37,42)(H,38,40)(H,39,43)/t29-,30-/m1/s1. The first-order valence-corrected chi connectivity index (χ1v) is 15.6. The zero-order chi connectivity index (χ0) is 32.8. The zero-order valence-electron chi connectivity index (χ0n) is 26.4. The van der Waals surface area contributed by atoms with Crippen LogP contribution in [0.3, 0.4) is 0 Å². The number of ether oxygens (including phenoxy) is 4. The molecular formula is C35H38FN5O6. The Morgan fingerprint density at radius 2 is 1.83 bits per heavy atom. The average Bonchev–Trinajstić information content (AvgIpc) is 3.54. The molecule has 47 heavy (non-hydrogen) atoms. The number of aromatic nitrogens is 2. The molecule has 6 rings (SSSR count). The molecule has 12 heteroatoms. The quantitative estimate of drug-likeness (QED) is 0.298. The molecule has 2 aliphatic rings. The van der Waals surface area contributed by atoms with E-state index in [2.05, 4.69) is 25.7 Å². The molecule has 0 saturated carbocycles. The van der Waals surface area contributed by atoms with Crippen molar-refractivity contribution in [1.29, 1.82) is 0 Å². The molecule has 4 aromatic rings. The van der Waals surface area contributed by atoms with Crippen molar-refractivity contribution in [3.05, 3.63) is 89.4 Å². The van der Waals surface area contributed by atoms with Crippen molar-refractivity contribution >= 4 is 11.8 Å². The number of nitrogens with zero attached hydrogens (tertiary/aromatic N) is 2. The number of aromatic amines is 1. The van der Waals surface area contributed by atoms with E-state index in [9.17, 15) is 14.0 Å². The van der Waals surface area contributed by atoms with Gasteiger partial charge in [-0.2, -0.15) is 5.10 Å². The summed E-state index contributed by atoms with van der Waals surface area (Å²) in [6.07, 6.45) is 2.62. The Morgan fingerprint density at radius 1 is 0.979 bits per heavy atom. The predicted octanol–water partition coefficient (Wildman–Crippen LogP) is 4.01. The number of hydrogen-bond donors (Lipinski definition) is 3. The second-order valence-corrected chi connectivity index (χ2v) is 11.7. The summed E-state index contributed by atoms with van der Waals surface area (Å²) in [5.41, 5.74) is 4.33. The van der Waals surface area contributed by atoms with E-state index in [1.807, 2.05) is 36.5 Å². The highest BCUT2D eigenvalue weighted by atomic mass is 19.1. The van der Waals surface area contributed by atoms with Gasteiger partial charge in [0, 0.05) is 49.8 Å². The minimum Gasteiger partial charge on any atom is -0.497 e. The highest BCUT2D eigenvalue weighted by Crippen LogP contribution is 2.30. The number of rotatable bonds is 5. The minimum absolute atomic E-state index is 0.157. The molecule has 0 spiro atoms. The lowest BCUT2D eigenvalue weighted by atomic mass is 10.00. The molecular weight excluding hydrogens is 605 g/mol. The second kappa shape index (κ2) is 14.5. The lowest BCUT2D eigenvalue weighted by Gasteiger charge is -2.39. The van der Waals surface area contributed by atoms with E-state index in [0.29, 0.717) is 55.3 Å². The molecule has 2 amide bonds. The lowest BCUT2D eigenvalue weighted by Crippen LogP contribution is -2.57. The van der Waals surface area contributed by atoms with Crippen LogP contribution in [0.4, 0.5) is 4.39 Å². The molecule has 2 atom stereocenters. The summed E-state index contributed by atoms with van der Waals surface area (Å²) in [6, 6.07) is 17.1. The van der Waals surface area contributed by atoms with Gasteiger partial charge in [0.05, 0.1) is 32.2 Å². The maximum atomic E-state index is 14.7. The van der Waals surface area contributed by atoms with Gasteiger partial charge >= 0.3 is 0 Å². The fourth-order valence-corrected chi connectivity index (χ4v) is 5.99. The third-order valence-corrected chi connectivity index (χ3v) is 8.41. The maximum Gasteiger partial charge on any atom is 0.258 e. The first-order valence-electron chi connectivity index (χ1n) is 15.6. The fraction of sp³-hybridized carbons (Fsp3) is 0.343. The van der Waals surface area contributed by atoms with Crippen molar-refractivity contribution < 1.29 is 32.9 Å². The van der Waals surface area contributed by atoms with Gasteiger partial charge in [-0.25, -0.2) is 4.39 Å². The number of nitrogens with one attached hydrogen (secondary N) is 3. The zero-order valence-corrected chi connectivity index (χ0v) is 26.4. The van der Waals surface area contributed by atoms with E-state index in [0.717, 1.165) is 28.1 Å². The van der Waals surface area contributed by atoms with Crippen LogP contribution in [0, 0.1) is 5.82 Å². The Labute approximate surface area is 272 Å². The van der Waals surface area contributed by atoms with Crippen LogP contribution in [-0.2, 0) is 29.1 Å². The van der Waals surface area contributed by atoms with Crippen molar-refractivity contribution in [2.24, 2.45) is 0 Å². The third-order valence-electron chi connectivity index (χ3n) is 8.41. The van der Waals surface area contributed by atoms with Gasteiger partial charge in [0.2, 0.25) is 5.91 Å². The van der Waals surface area contributed by atoms with Crippen LogP contribution >= 0.6 is 0 Å². The van der Waals surface area contributed by atoms with Crippen LogP contribution in [0.5, 0.6) is 23.0 Å². The Morgan fingerprint density at radius 3 is 2.64 bits per heavy atom. The molecule has 246 valence electrons. The van der Waals surface area contributed by atoms with Gasteiger partial charge < -0.3 is 29.6 Å². The average molecular weight is 644 g/mol. The van der Waals surface area contributed by atoms with Gasteiger partial charge in [0.1, 0.15) is 23.4 Å². The highest BCUT2D eigenvalue weighted by molar-refractivity contribution is 5.78. The van der Waals surface area contributed by atoms with E-state index in [-0.39, 0.29) is 31.4 Å². The monoisotopic (exact) mass is 643 g/mol. The molecule has 3 heterocycles. The van der Waals surface area contributed by atoms with Crippen LogP contribution in [-0.4, -0.2) is 73.0 Å². The third kappa shape index (κ3) is 8.01. The molecule has 0 radical (unpaired) electrons. The Balaban J connectivity index is 1.23. The lowest BCUT2D eigenvalue weighted by molar-refractivity contribution is -0.125. The number of hydrogen-bond acceptors (Lipinski definition) is 8. The first-order chi connectivity index (χ1) is 22.9. The van der Waals surface area contributed by atoms with Gasteiger partial charge in [-0.1, -0.05) is 6.07 Å².